The fraction of sp³-hybridized carbons (Fsp3) is 0.400. The highest BCUT2D eigenvalue weighted by molar-refractivity contribution is 4.79. The molecule has 1 rings (SSSR count). The second-order valence-electron chi connectivity index (χ2n) is 1.69. The summed E-state index contributed by atoms with van der Waals surface area (Å²) in [5, 5.41) is 10.6. The van der Waals surface area contributed by atoms with Crippen molar-refractivity contribution in [3.63, 3.8) is 0 Å². The molecule has 0 saturated heterocycles. The van der Waals surface area contributed by atoms with Gasteiger partial charge in [-0.3, -0.25) is 0 Å². The molecule has 0 fully saturated rings. The summed E-state index contributed by atoms with van der Waals surface area (Å²) in [4.78, 5) is 0. The summed E-state index contributed by atoms with van der Waals surface area (Å²) in [5.41, 5.74) is 0.600. The largest absolute Gasteiger partial charge is 0.616 e. The van der Waals surface area contributed by atoms with Crippen LogP contribution in [0.2, 0.25) is 0 Å². The van der Waals surface area contributed by atoms with Crippen LogP contribution in [0.3, 0.4) is 0 Å². The van der Waals surface area contributed by atoms with Crippen LogP contribution in [0.25, 0.3) is 0 Å². The van der Waals surface area contributed by atoms with E-state index in [-0.39, 0.29) is 0 Å². The van der Waals surface area contributed by atoms with E-state index in [0.29, 0.717) is 11.6 Å². The fourth-order valence-corrected chi connectivity index (χ4v) is 0.515. The molecule has 8 heavy (non-hydrogen) atoms. The maximum Gasteiger partial charge on any atom is 0.355 e. The molecule has 3 nitrogen and oxygen atoms in total. The zero-order valence-electron chi connectivity index (χ0n) is 4.84. The molecule has 0 aliphatic carbocycles. The highest BCUT2D eigenvalue weighted by Crippen LogP contribution is 1.92. The van der Waals surface area contributed by atoms with Crippen LogP contribution in [0.1, 0.15) is 11.6 Å². The van der Waals surface area contributed by atoms with Gasteiger partial charge in [-0.1, -0.05) is 0 Å². The van der Waals surface area contributed by atoms with Gasteiger partial charge in [-0.05, 0) is 0 Å². The molecule has 0 atom stereocenters. The Kier molecular flexibility index (Phi) is 0.970. The van der Waals surface area contributed by atoms with Crippen LogP contribution in [0.4, 0.5) is 0 Å². The van der Waals surface area contributed by atoms with Gasteiger partial charge in [0.25, 0.3) is 0 Å². The first-order valence-corrected chi connectivity index (χ1v) is 2.36. The van der Waals surface area contributed by atoms with Crippen LogP contribution in [-0.4, -0.2) is 0 Å². The third kappa shape index (κ3) is 0.559. The van der Waals surface area contributed by atoms with E-state index in [9.17, 15) is 5.21 Å². The molecule has 0 amide bonds. The van der Waals surface area contributed by atoms with Gasteiger partial charge >= 0.3 is 5.89 Å². The minimum Gasteiger partial charge on any atom is -0.616 e. The van der Waals surface area contributed by atoms with Crippen molar-refractivity contribution < 1.29 is 9.15 Å². The lowest BCUT2D eigenvalue weighted by molar-refractivity contribution is -0.622. The van der Waals surface area contributed by atoms with E-state index in [4.69, 9.17) is 4.42 Å². The number of aromatic nitrogens is 1. The van der Waals surface area contributed by atoms with E-state index >= 15 is 0 Å². The highest BCUT2D eigenvalue weighted by atomic mass is 16.5. The quantitative estimate of drug-likeness (QED) is 0.363. The van der Waals surface area contributed by atoms with Gasteiger partial charge in [0.1, 0.15) is 0 Å². The SMILES string of the molecule is Cc1coc(C)[n+]1[O-]. The molecule has 0 aromatic carbocycles. The standard InChI is InChI=1S/C5H7NO2/c1-4-3-8-5(2)6(4)7/h3H,1-2H3. The first-order chi connectivity index (χ1) is 3.72. The Morgan fingerprint density at radius 3 is 2.38 bits per heavy atom. The molecule has 44 valence electrons. The normalized spacial score (nSPS) is 9.75. The Balaban J connectivity index is 3.19. The topological polar surface area (TPSA) is 40.1 Å². The minimum absolute atomic E-state index is 0.391. The molecular formula is C5H7NO2. The van der Waals surface area contributed by atoms with E-state index in [1.165, 1.54) is 6.26 Å². The Morgan fingerprint density at radius 1 is 1.62 bits per heavy atom. The van der Waals surface area contributed by atoms with E-state index in [2.05, 4.69) is 0 Å². The van der Waals surface area contributed by atoms with Gasteiger partial charge in [0.15, 0.2) is 6.26 Å². The molecular weight excluding hydrogens is 106 g/mol. The van der Waals surface area contributed by atoms with Crippen LogP contribution in [0.5, 0.6) is 0 Å². The predicted octanol–water partition coefficient (Wildman–Crippen LogP) is 0.530. The second kappa shape index (κ2) is 1.51. The Hall–Kier alpha value is -0.990. The average molecular weight is 113 g/mol. The van der Waals surface area contributed by atoms with E-state index in [1.54, 1.807) is 13.8 Å². The van der Waals surface area contributed by atoms with Crippen molar-refractivity contribution in [1.82, 2.24) is 0 Å². The molecule has 1 heterocycles. The average Bonchev–Trinajstić information content (AvgIpc) is 1.98. The first-order valence-electron chi connectivity index (χ1n) is 2.36. The van der Waals surface area contributed by atoms with Crippen molar-refractivity contribution in [2.45, 2.75) is 13.8 Å². The fourth-order valence-electron chi connectivity index (χ4n) is 0.515. The summed E-state index contributed by atoms with van der Waals surface area (Å²) in [6.45, 7) is 3.32. The van der Waals surface area contributed by atoms with E-state index in [1.807, 2.05) is 0 Å². The van der Waals surface area contributed by atoms with Crippen molar-refractivity contribution >= 4 is 0 Å². The van der Waals surface area contributed by atoms with E-state index in [0.717, 1.165) is 4.73 Å². The van der Waals surface area contributed by atoms with Crippen molar-refractivity contribution in [3.05, 3.63) is 23.1 Å². The number of nitrogens with zero attached hydrogens (tertiary/aromatic N) is 1. The molecule has 0 bridgehead atoms. The number of aryl methyl sites for hydroxylation is 2. The molecule has 1 aromatic heterocycles. The zero-order chi connectivity index (χ0) is 6.15. The molecule has 0 radical (unpaired) electrons. The Bertz CT molecular complexity index is 173. The van der Waals surface area contributed by atoms with Crippen molar-refractivity contribution in [2.24, 2.45) is 0 Å². The lowest BCUT2D eigenvalue weighted by atomic mass is 10.6. The van der Waals surface area contributed by atoms with Crippen LogP contribution in [0, 0.1) is 19.1 Å². The van der Waals surface area contributed by atoms with Crippen molar-refractivity contribution in [3.8, 4) is 0 Å². The van der Waals surface area contributed by atoms with Gasteiger partial charge in [-0.25, -0.2) is 0 Å². The van der Waals surface area contributed by atoms with Gasteiger partial charge in [0, 0.05) is 6.92 Å². The summed E-state index contributed by atoms with van der Waals surface area (Å²) < 4.78 is 5.50. The zero-order valence-corrected chi connectivity index (χ0v) is 4.84. The molecule has 0 spiro atoms. The maximum atomic E-state index is 10.6. The lowest BCUT2D eigenvalue weighted by Gasteiger charge is -1.88. The summed E-state index contributed by atoms with van der Waals surface area (Å²) in [5.74, 6) is 0.391. The first kappa shape index (κ1) is 5.15. The van der Waals surface area contributed by atoms with Crippen LogP contribution in [-0.2, 0) is 0 Å². The second-order valence-corrected chi connectivity index (χ2v) is 1.69. The molecule has 1 aromatic rings. The third-order valence-corrected chi connectivity index (χ3v) is 1.01. The monoisotopic (exact) mass is 113 g/mol. The van der Waals surface area contributed by atoms with Crippen LogP contribution in [0.15, 0.2) is 10.7 Å². The van der Waals surface area contributed by atoms with Crippen molar-refractivity contribution in [1.29, 1.82) is 0 Å². The molecule has 0 unspecified atom stereocenters. The Labute approximate surface area is 47.1 Å². The minimum atomic E-state index is 0.391. The van der Waals surface area contributed by atoms with Gasteiger partial charge in [0.2, 0.25) is 5.69 Å². The molecule has 0 aliphatic heterocycles. The molecule has 0 saturated carbocycles. The summed E-state index contributed by atoms with van der Waals surface area (Å²) in [6.07, 6.45) is 1.43. The maximum absolute atomic E-state index is 10.6. The lowest BCUT2D eigenvalue weighted by Crippen LogP contribution is -2.29. The van der Waals surface area contributed by atoms with Crippen LogP contribution < -0.4 is 4.73 Å². The molecule has 3 heteroatoms. The van der Waals surface area contributed by atoms with Crippen molar-refractivity contribution in [2.75, 3.05) is 0 Å². The Morgan fingerprint density at radius 2 is 2.25 bits per heavy atom. The third-order valence-electron chi connectivity index (χ3n) is 1.01. The molecule has 0 N–H and O–H groups in total. The summed E-state index contributed by atoms with van der Waals surface area (Å²) in [7, 11) is 0. The molecule has 0 aliphatic rings. The number of oxazole rings is 1. The smallest absolute Gasteiger partial charge is 0.355 e. The van der Waals surface area contributed by atoms with E-state index < -0.39 is 0 Å². The number of hydrogen-bond acceptors (Lipinski definition) is 2. The van der Waals surface area contributed by atoms with Gasteiger partial charge in [-0.15, -0.1) is 4.73 Å². The predicted molar refractivity (Wildman–Crippen MR) is 27.1 cm³/mol. The van der Waals surface area contributed by atoms with Crippen LogP contribution >= 0.6 is 0 Å². The van der Waals surface area contributed by atoms with Gasteiger partial charge in [-0.2, -0.15) is 0 Å². The van der Waals surface area contributed by atoms with Gasteiger partial charge in [0.05, 0.1) is 6.92 Å². The summed E-state index contributed by atoms with van der Waals surface area (Å²) >= 11 is 0. The highest BCUT2D eigenvalue weighted by Gasteiger charge is 2.04. The number of hydrogen-bond donors (Lipinski definition) is 0. The van der Waals surface area contributed by atoms with Gasteiger partial charge < -0.3 is 9.62 Å². The summed E-state index contributed by atoms with van der Waals surface area (Å²) in [6, 6.07) is 0. The number of rotatable bonds is 0.